The van der Waals surface area contributed by atoms with E-state index in [0.29, 0.717) is 10.6 Å². The predicted molar refractivity (Wildman–Crippen MR) is 96.3 cm³/mol. The number of carbonyl (C=O) groups is 2. The van der Waals surface area contributed by atoms with E-state index < -0.39 is 0 Å². The number of amides is 1. The number of ether oxygens (including phenoxy) is 1. The van der Waals surface area contributed by atoms with Crippen molar-refractivity contribution in [2.45, 2.75) is 36.9 Å². The Morgan fingerprint density at radius 2 is 2.04 bits per heavy atom. The minimum Gasteiger partial charge on any atom is -0.465 e. The second-order valence-electron chi connectivity index (χ2n) is 5.33. The van der Waals surface area contributed by atoms with Crippen LogP contribution in [0.2, 0.25) is 0 Å². The van der Waals surface area contributed by atoms with Crippen LogP contribution in [0, 0.1) is 6.92 Å². The highest BCUT2D eigenvalue weighted by atomic mass is 32.2. The number of hydrogen-bond acceptors (Lipinski definition) is 8. The van der Waals surface area contributed by atoms with Crippen LogP contribution in [0.25, 0.3) is 0 Å². The number of rotatable bonds is 5. The molecule has 128 valence electrons. The molecule has 0 unspecified atom stereocenters. The summed E-state index contributed by atoms with van der Waals surface area (Å²) < 4.78 is 5.67. The van der Waals surface area contributed by atoms with Crippen molar-refractivity contribution in [2.75, 3.05) is 18.2 Å². The summed E-state index contributed by atoms with van der Waals surface area (Å²) >= 11 is 4.30. The number of methoxy groups -OCH3 is 1. The lowest BCUT2D eigenvalue weighted by Crippen LogP contribution is -2.16. The van der Waals surface area contributed by atoms with Crippen molar-refractivity contribution in [1.29, 1.82) is 0 Å². The zero-order valence-corrected chi connectivity index (χ0v) is 15.8. The maximum atomic E-state index is 12.2. The minimum atomic E-state index is -0.378. The summed E-state index contributed by atoms with van der Waals surface area (Å²) in [6.07, 6.45) is 4.00. The Balaban J connectivity index is 1.72. The number of esters is 1. The molecule has 0 aliphatic heterocycles. The first-order valence-electron chi connectivity index (χ1n) is 7.54. The van der Waals surface area contributed by atoms with Gasteiger partial charge in [0.2, 0.25) is 5.91 Å². The number of carbonyl (C=O) groups excluding carboxylic acids is 2. The van der Waals surface area contributed by atoms with Crippen LogP contribution in [0.1, 0.15) is 38.6 Å². The zero-order chi connectivity index (χ0) is 17.1. The molecule has 1 aliphatic carbocycles. The molecule has 0 bridgehead atoms. The maximum absolute atomic E-state index is 12.2. The zero-order valence-electron chi connectivity index (χ0n) is 13.4. The SMILES string of the molecule is COC(=O)c1c(NC(=O)CSc2nnc(C)s2)sc2c1CCCC2. The van der Waals surface area contributed by atoms with Gasteiger partial charge in [-0.05, 0) is 38.2 Å². The highest BCUT2D eigenvalue weighted by Crippen LogP contribution is 2.38. The molecule has 0 spiro atoms. The second kappa shape index (κ2) is 7.62. The number of anilines is 1. The number of fused-ring (bicyclic) bond motifs is 1. The van der Waals surface area contributed by atoms with E-state index >= 15 is 0 Å². The van der Waals surface area contributed by atoms with Crippen LogP contribution in [0.5, 0.6) is 0 Å². The average Bonchev–Trinajstić information content (AvgIpc) is 3.15. The third-order valence-corrected chi connectivity index (χ3v) is 6.83. The molecule has 0 atom stereocenters. The number of thioether (sulfide) groups is 1. The number of hydrogen-bond donors (Lipinski definition) is 1. The third-order valence-electron chi connectivity index (χ3n) is 3.65. The fourth-order valence-corrected chi connectivity index (χ4v) is 5.51. The van der Waals surface area contributed by atoms with Gasteiger partial charge in [0.25, 0.3) is 0 Å². The van der Waals surface area contributed by atoms with Gasteiger partial charge in [0.1, 0.15) is 10.0 Å². The van der Waals surface area contributed by atoms with E-state index in [4.69, 9.17) is 4.74 Å². The molecular formula is C15H17N3O3S3. The summed E-state index contributed by atoms with van der Waals surface area (Å²) in [4.78, 5) is 25.6. The van der Waals surface area contributed by atoms with E-state index in [9.17, 15) is 9.59 Å². The Hall–Kier alpha value is -1.45. The number of aryl methyl sites for hydroxylation is 2. The van der Waals surface area contributed by atoms with Crippen molar-refractivity contribution in [3.8, 4) is 0 Å². The van der Waals surface area contributed by atoms with Gasteiger partial charge in [-0.25, -0.2) is 4.79 Å². The number of nitrogens with one attached hydrogen (secondary N) is 1. The molecule has 1 N–H and O–H groups in total. The Kier molecular flexibility index (Phi) is 5.52. The summed E-state index contributed by atoms with van der Waals surface area (Å²) in [6.45, 7) is 1.88. The summed E-state index contributed by atoms with van der Waals surface area (Å²) in [7, 11) is 1.37. The van der Waals surface area contributed by atoms with Gasteiger partial charge in [-0.15, -0.1) is 21.5 Å². The largest absolute Gasteiger partial charge is 0.465 e. The first kappa shape index (κ1) is 17.4. The van der Waals surface area contributed by atoms with Crippen molar-refractivity contribution in [3.05, 3.63) is 21.0 Å². The highest BCUT2D eigenvalue weighted by Gasteiger charge is 2.26. The fourth-order valence-electron chi connectivity index (χ4n) is 2.60. The first-order chi connectivity index (χ1) is 11.6. The molecule has 1 aliphatic rings. The Morgan fingerprint density at radius 1 is 1.25 bits per heavy atom. The number of thiophene rings is 1. The second-order valence-corrected chi connectivity index (χ2v) is 8.84. The minimum absolute atomic E-state index is 0.156. The quantitative estimate of drug-likeness (QED) is 0.630. The Bertz CT molecular complexity index is 769. The van der Waals surface area contributed by atoms with Crippen LogP contribution in [-0.4, -0.2) is 34.9 Å². The molecule has 24 heavy (non-hydrogen) atoms. The average molecular weight is 384 g/mol. The first-order valence-corrected chi connectivity index (χ1v) is 10.2. The summed E-state index contributed by atoms with van der Waals surface area (Å²) in [5.41, 5.74) is 1.57. The lowest BCUT2D eigenvalue weighted by Gasteiger charge is -2.11. The third kappa shape index (κ3) is 3.79. The van der Waals surface area contributed by atoms with Gasteiger partial charge in [-0.1, -0.05) is 23.1 Å². The molecule has 0 fully saturated rings. The highest BCUT2D eigenvalue weighted by molar-refractivity contribution is 8.01. The molecule has 3 rings (SSSR count). The standard InChI is InChI=1S/C15H17N3O3S3/c1-8-17-18-15(23-8)22-7-11(19)16-13-12(14(20)21-2)9-5-3-4-6-10(9)24-13/h3-7H2,1-2H3,(H,16,19). The summed E-state index contributed by atoms with van der Waals surface area (Å²) in [5, 5.41) is 12.3. The topological polar surface area (TPSA) is 81.2 Å². The van der Waals surface area contributed by atoms with E-state index in [2.05, 4.69) is 15.5 Å². The normalized spacial score (nSPS) is 13.4. The fraction of sp³-hybridized carbons (Fsp3) is 0.467. The van der Waals surface area contributed by atoms with E-state index in [1.807, 2.05) is 6.92 Å². The Morgan fingerprint density at radius 3 is 2.75 bits per heavy atom. The molecule has 1 amide bonds. The van der Waals surface area contributed by atoms with E-state index in [1.54, 1.807) is 0 Å². The molecule has 6 nitrogen and oxygen atoms in total. The molecular weight excluding hydrogens is 366 g/mol. The molecule has 0 saturated carbocycles. The number of aromatic nitrogens is 2. The van der Waals surface area contributed by atoms with Crippen LogP contribution < -0.4 is 5.32 Å². The van der Waals surface area contributed by atoms with Crippen LogP contribution in [-0.2, 0) is 22.4 Å². The van der Waals surface area contributed by atoms with Crippen molar-refractivity contribution in [2.24, 2.45) is 0 Å². The van der Waals surface area contributed by atoms with Crippen molar-refractivity contribution in [3.63, 3.8) is 0 Å². The van der Waals surface area contributed by atoms with E-state index in [-0.39, 0.29) is 17.6 Å². The summed E-state index contributed by atoms with van der Waals surface area (Å²) in [5.74, 6) is -0.300. The predicted octanol–water partition coefficient (Wildman–Crippen LogP) is 3.30. The molecule has 2 aromatic heterocycles. The molecule has 2 aromatic rings. The van der Waals surface area contributed by atoms with Gasteiger partial charge in [0.05, 0.1) is 18.4 Å². The molecule has 0 radical (unpaired) electrons. The lowest BCUT2D eigenvalue weighted by molar-refractivity contribution is -0.113. The molecule has 0 saturated heterocycles. The van der Waals surface area contributed by atoms with Crippen molar-refractivity contribution >= 4 is 51.3 Å². The summed E-state index contributed by atoms with van der Waals surface area (Å²) in [6, 6.07) is 0. The van der Waals surface area contributed by atoms with Gasteiger partial charge in [0, 0.05) is 4.88 Å². The molecule has 2 heterocycles. The van der Waals surface area contributed by atoms with Gasteiger partial charge < -0.3 is 10.1 Å². The van der Waals surface area contributed by atoms with Crippen LogP contribution in [0.3, 0.4) is 0 Å². The monoisotopic (exact) mass is 383 g/mol. The number of nitrogens with zero attached hydrogens (tertiary/aromatic N) is 2. The van der Waals surface area contributed by atoms with E-state index in [0.717, 1.165) is 40.6 Å². The van der Waals surface area contributed by atoms with Crippen LogP contribution in [0.4, 0.5) is 5.00 Å². The van der Waals surface area contributed by atoms with E-state index in [1.165, 1.54) is 46.4 Å². The van der Waals surface area contributed by atoms with Crippen LogP contribution >= 0.6 is 34.4 Å². The van der Waals surface area contributed by atoms with Crippen molar-refractivity contribution in [1.82, 2.24) is 10.2 Å². The van der Waals surface area contributed by atoms with Gasteiger partial charge >= 0.3 is 5.97 Å². The van der Waals surface area contributed by atoms with Gasteiger partial charge in [0.15, 0.2) is 4.34 Å². The van der Waals surface area contributed by atoms with Crippen LogP contribution in [0.15, 0.2) is 4.34 Å². The van der Waals surface area contributed by atoms with Gasteiger partial charge in [-0.2, -0.15) is 0 Å². The Labute approximate surface area is 152 Å². The molecule has 0 aromatic carbocycles. The molecule has 9 heteroatoms. The lowest BCUT2D eigenvalue weighted by atomic mass is 9.95. The van der Waals surface area contributed by atoms with Crippen molar-refractivity contribution < 1.29 is 14.3 Å². The maximum Gasteiger partial charge on any atom is 0.341 e. The van der Waals surface area contributed by atoms with Gasteiger partial charge in [-0.3, -0.25) is 4.79 Å². The smallest absolute Gasteiger partial charge is 0.341 e.